The van der Waals surface area contributed by atoms with Crippen molar-refractivity contribution in [2.45, 2.75) is 19.9 Å². The van der Waals surface area contributed by atoms with Gasteiger partial charge in [0.2, 0.25) is 0 Å². The van der Waals surface area contributed by atoms with Crippen molar-refractivity contribution in [2.75, 3.05) is 33.4 Å². The summed E-state index contributed by atoms with van der Waals surface area (Å²) in [6.07, 6.45) is 6.54. The van der Waals surface area contributed by atoms with Crippen LogP contribution in [0.25, 0.3) is 0 Å². The number of ether oxygens (including phenoxy) is 2. The van der Waals surface area contributed by atoms with Gasteiger partial charge in [0.1, 0.15) is 18.1 Å². The topological polar surface area (TPSA) is 72.7 Å². The molecule has 0 unspecified atom stereocenters. The molecule has 0 fully saturated rings. The number of hydrogen-bond donors (Lipinski definition) is 2. The summed E-state index contributed by atoms with van der Waals surface area (Å²) in [7, 11) is 1.65. The van der Waals surface area contributed by atoms with Crippen LogP contribution in [0.4, 0.5) is 0 Å². The van der Waals surface area contributed by atoms with Crippen molar-refractivity contribution >= 4 is 29.9 Å². The van der Waals surface area contributed by atoms with Crippen LogP contribution in [0.15, 0.2) is 48.0 Å². The zero-order valence-electron chi connectivity index (χ0n) is 15.4. The number of aliphatic imine (C=N–C) groups is 1. The van der Waals surface area contributed by atoms with E-state index in [-0.39, 0.29) is 24.0 Å². The van der Waals surface area contributed by atoms with E-state index in [4.69, 9.17) is 9.47 Å². The van der Waals surface area contributed by atoms with Crippen molar-refractivity contribution in [1.29, 1.82) is 0 Å². The number of methoxy groups -OCH3 is 1. The maximum atomic E-state index is 5.70. The van der Waals surface area contributed by atoms with Gasteiger partial charge in [0, 0.05) is 32.0 Å². The minimum absolute atomic E-state index is 0. The predicted molar refractivity (Wildman–Crippen MR) is 115 cm³/mol. The average Bonchev–Trinajstić information content (AvgIpc) is 3.16. The normalized spacial score (nSPS) is 10.8. The molecule has 0 atom stereocenters. The smallest absolute Gasteiger partial charge is 0.191 e. The van der Waals surface area contributed by atoms with E-state index in [1.54, 1.807) is 13.3 Å². The lowest BCUT2D eigenvalue weighted by Gasteiger charge is -2.12. The van der Waals surface area contributed by atoms with E-state index < -0.39 is 0 Å². The Hall–Kier alpha value is -1.97. The summed E-state index contributed by atoms with van der Waals surface area (Å²) >= 11 is 0. The SMILES string of the molecule is CCNC(=NCCCn1ccnc1)NCCOc1ccc(OC)cc1.I. The molecule has 144 valence electrons. The van der Waals surface area contributed by atoms with E-state index in [1.807, 2.05) is 36.8 Å². The standard InChI is InChI=1S/C18H27N5O2.HI/c1-3-20-18(21-9-4-12-23-13-10-19-15-23)22-11-14-25-17-7-5-16(24-2)6-8-17;/h5-8,10,13,15H,3-4,9,11-12,14H2,1-2H3,(H2,20,21,22);1H. The van der Waals surface area contributed by atoms with Gasteiger partial charge in [0.25, 0.3) is 0 Å². The van der Waals surface area contributed by atoms with Crippen LogP contribution in [0.3, 0.4) is 0 Å². The van der Waals surface area contributed by atoms with Gasteiger partial charge in [-0.25, -0.2) is 4.98 Å². The predicted octanol–water partition coefficient (Wildman–Crippen LogP) is 2.53. The second-order valence-corrected chi connectivity index (χ2v) is 5.37. The molecule has 0 bridgehead atoms. The summed E-state index contributed by atoms with van der Waals surface area (Å²) in [4.78, 5) is 8.60. The lowest BCUT2D eigenvalue weighted by atomic mass is 10.3. The maximum Gasteiger partial charge on any atom is 0.191 e. The molecular formula is C18H28IN5O2. The highest BCUT2D eigenvalue weighted by Crippen LogP contribution is 2.16. The lowest BCUT2D eigenvalue weighted by Crippen LogP contribution is -2.39. The molecule has 0 saturated heterocycles. The molecule has 0 aliphatic heterocycles. The summed E-state index contributed by atoms with van der Waals surface area (Å²) in [5.74, 6) is 2.46. The molecule has 2 rings (SSSR count). The number of aromatic nitrogens is 2. The van der Waals surface area contributed by atoms with Gasteiger partial charge in [-0.2, -0.15) is 0 Å². The van der Waals surface area contributed by atoms with Crippen LogP contribution in [0.1, 0.15) is 13.3 Å². The molecule has 7 nitrogen and oxygen atoms in total. The number of nitrogens with zero attached hydrogens (tertiary/aromatic N) is 3. The van der Waals surface area contributed by atoms with Crippen LogP contribution in [-0.2, 0) is 6.54 Å². The molecule has 0 aliphatic carbocycles. The molecule has 2 N–H and O–H groups in total. The number of nitrogens with one attached hydrogen (secondary N) is 2. The third kappa shape index (κ3) is 8.41. The van der Waals surface area contributed by atoms with Crippen molar-refractivity contribution < 1.29 is 9.47 Å². The van der Waals surface area contributed by atoms with Gasteiger partial charge in [0.15, 0.2) is 5.96 Å². The molecule has 1 aromatic heterocycles. The number of rotatable bonds is 10. The molecule has 26 heavy (non-hydrogen) atoms. The molecular weight excluding hydrogens is 445 g/mol. The Morgan fingerprint density at radius 2 is 1.96 bits per heavy atom. The van der Waals surface area contributed by atoms with E-state index in [0.717, 1.165) is 43.5 Å². The van der Waals surface area contributed by atoms with Gasteiger partial charge in [0.05, 0.1) is 20.0 Å². The van der Waals surface area contributed by atoms with Crippen molar-refractivity contribution in [3.05, 3.63) is 43.0 Å². The Morgan fingerprint density at radius 3 is 2.62 bits per heavy atom. The van der Waals surface area contributed by atoms with Gasteiger partial charge in [-0.05, 0) is 37.6 Å². The van der Waals surface area contributed by atoms with Gasteiger partial charge in [-0.3, -0.25) is 4.99 Å². The number of benzene rings is 1. The average molecular weight is 473 g/mol. The molecule has 0 radical (unpaired) electrons. The summed E-state index contributed by atoms with van der Waals surface area (Å²) in [6.45, 7) is 5.80. The summed E-state index contributed by atoms with van der Waals surface area (Å²) in [5, 5.41) is 6.51. The van der Waals surface area contributed by atoms with Crippen LogP contribution in [-0.4, -0.2) is 48.9 Å². The molecule has 0 saturated carbocycles. The van der Waals surface area contributed by atoms with Crippen LogP contribution < -0.4 is 20.1 Å². The molecule has 8 heteroatoms. The number of hydrogen-bond acceptors (Lipinski definition) is 4. The van der Waals surface area contributed by atoms with Crippen LogP contribution in [0.5, 0.6) is 11.5 Å². The Balaban J connectivity index is 0.00000338. The summed E-state index contributed by atoms with van der Waals surface area (Å²) in [6, 6.07) is 7.56. The minimum atomic E-state index is 0. The highest BCUT2D eigenvalue weighted by atomic mass is 127. The fourth-order valence-corrected chi connectivity index (χ4v) is 2.22. The third-order valence-electron chi connectivity index (χ3n) is 3.47. The van der Waals surface area contributed by atoms with E-state index in [2.05, 4.69) is 32.1 Å². The monoisotopic (exact) mass is 473 g/mol. The summed E-state index contributed by atoms with van der Waals surface area (Å²) < 4.78 is 12.9. The molecule has 1 heterocycles. The second kappa shape index (κ2) is 13.3. The Kier molecular flexibility index (Phi) is 11.3. The fraction of sp³-hybridized carbons (Fsp3) is 0.444. The van der Waals surface area contributed by atoms with Gasteiger partial charge >= 0.3 is 0 Å². The highest BCUT2D eigenvalue weighted by Gasteiger charge is 1.98. The van der Waals surface area contributed by atoms with Crippen molar-refractivity contribution in [1.82, 2.24) is 20.2 Å². The molecule has 0 aliphatic rings. The maximum absolute atomic E-state index is 5.70. The lowest BCUT2D eigenvalue weighted by molar-refractivity contribution is 0.321. The Bertz CT molecular complexity index is 617. The van der Waals surface area contributed by atoms with Gasteiger partial charge < -0.3 is 24.7 Å². The van der Waals surface area contributed by atoms with E-state index >= 15 is 0 Å². The number of imidazole rings is 1. The van der Waals surface area contributed by atoms with Crippen molar-refractivity contribution in [2.24, 2.45) is 4.99 Å². The van der Waals surface area contributed by atoms with E-state index in [9.17, 15) is 0 Å². The number of aryl methyl sites for hydroxylation is 1. The fourth-order valence-electron chi connectivity index (χ4n) is 2.22. The first kappa shape index (κ1) is 22.1. The van der Waals surface area contributed by atoms with Gasteiger partial charge in [-0.15, -0.1) is 24.0 Å². The Morgan fingerprint density at radius 1 is 1.19 bits per heavy atom. The summed E-state index contributed by atoms with van der Waals surface area (Å²) in [5.41, 5.74) is 0. The first-order valence-corrected chi connectivity index (χ1v) is 8.56. The first-order valence-electron chi connectivity index (χ1n) is 8.56. The van der Waals surface area contributed by atoms with E-state index in [1.165, 1.54) is 0 Å². The zero-order valence-corrected chi connectivity index (χ0v) is 17.7. The molecule has 1 aromatic carbocycles. The minimum Gasteiger partial charge on any atom is -0.497 e. The van der Waals surface area contributed by atoms with Crippen molar-refractivity contribution in [3.63, 3.8) is 0 Å². The number of guanidine groups is 1. The van der Waals surface area contributed by atoms with Crippen LogP contribution in [0, 0.1) is 0 Å². The molecule has 0 spiro atoms. The van der Waals surface area contributed by atoms with Crippen LogP contribution >= 0.6 is 24.0 Å². The quantitative estimate of drug-likeness (QED) is 0.240. The highest BCUT2D eigenvalue weighted by molar-refractivity contribution is 14.0. The molecule has 0 amide bonds. The van der Waals surface area contributed by atoms with Crippen LogP contribution in [0.2, 0.25) is 0 Å². The zero-order chi connectivity index (χ0) is 17.7. The largest absolute Gasteiger partial charge is 0.497 e. The Labute approximate surface area is 172 Å². The third-order valence-corrected chi connectivity index (χ3v) is 3.47. The number of halogens is 1. The van der Waals surface area contributed by atoms with Crippen molar-refractivity contribution in [3.8, 4) is 11.5 Å². The molecule has 2 aromatic rings. The van der Waals surface area contributed by atoms with Gasteiger partial charge in [-0.1, -0.05) is 0 Å². The first-order chi connectivity index (χ1) is 12.3. The second-order valence-electron chi connectivity index (χ2n) is 5.37. The van der Waals surface area contributed by atoms with E-state index in [0.29, 0.717) is 13.2 Å².